The lowest BCUT2D eigenvalue weighted by atomic mass is 10.1. The predicted molar refractivity (Wildman–Crippen MR) is 68.1 cm³/mol. The van der Waals surface area contributed by atoms with Gasteiger partial charge in [0.25, 0.3) is 0 Å². The normalized spacial score (nSPS) is 24.8. The molecule has 18 heavy (non-hydrogen) atoms. The van der Waals surface area contributed by atoms with E-state index in [0.29, 0.717) is 6.61 Å². The Bertz CT molecular complexity index is 393. The van der Waals surface area contributed by atoms with Crippen molar-refractivity contribution in [2.75, 3.05) is 20.3 Å². The minimum absolute atomic E-state index is 0.130. The van der Waals surface area contributed by atoms with E-state index < -0.39 is 0 Å². The average molecular weight is 249 g/mol. The Hall–Kier alpha value is -1.39. The van der Waals surface area contributed by atoms with Crippen molar-refractivity contribution < 1.29 is 14.3 Å². The monoisotopic (exact) mass is 249 g/mol. The summed E-state index contributed by atoms with van der Waals surface area (Å²) in [5.41, 5.74) is 1.19. The number of esters is 1. The molecule has 1 fully saturated rings. The van der Waals surface area contributed by atoms with E-state index in [-0.39, 0.29) is 18.1 Å². The average Bonchev–Trinajstić information content (AvgIpc) is 2.39. The Kier molecular flexibility index (Phi) is 4.33. The summed E-state index contributed by atoms with van der Waals surface area (Å²) in [5.74, 6) is -0.224. The fourth-order valence-electron chi connectivity index (χ4n) is 2.34. The number of rotatable bonds is 3. The van der Waals surface area contributed by atoms with Crippen molar-refractivity contribution in [2.45, 2.75) is 25.6 Å². The van der Waals surface area contributed by atoms with Crippen molar-refractivity contribution in [1.82, 2.24) is 4.90 Å². The molecule has 1 aliphatic rings. The molecule has 0 radical (unpaired) electrons. The maximum absolute atomic E-state index is 11.8. The number of carbonyl (C=O) groups is 1. The molecule has 2 unspecified atom stereocenters. The lowest BCUT2D eigenvalue weighted by Crippen LogP contribution is -2.54. The fraction of sp³-hybridized carbons (Fsp3) is 0.500. The molecule has 0 spiro atoms. The second-order valence-corrected chi connectivity index (χ2v) is 4.50. The molecule has 1 aromatic carbocycles. The Labute approximate surface area is 107 Å². The van der Waals surface area contributed by atoms with Crippen LogP contribution in [0.5, 0.6) is 0 Å². The summed E-state index contributed by atoms with van der Waals surface area (Å²) in [7, 11) is 1.42. The quantitative estimate of drug-likeness (QED) is 0.760. The molecule has 2 atom stereocenters. The minimum atomic E-state index is -0.316. The molecule has 0 bridgehead atoms. The Morgan fingerprint density at radius 3 is 2.83 bits per heavy atom. The minimum Gasteiger partial charge on any atom is -0.468 e. The summed E-state index contributed by atoms with van der Waals surface area (Å²) in [4.78, 5) is 14.0. The standard InChI is InChI=1S/C14H19NO3/c1-11-13(14(16)17-2)15(8-9-18-11)10-12-6-4-3-5-7-12/h3-7,11,13H,8-10H2,1-2H3. The molecular formula is C14H19NO3. The molecule has 0 N–H and O–H groups in total. The smallest absolute Gasteiger partial charge is 0.325 e. The van der Waals surface area contributed by atoms with Gasteiger partial charge in [0.05, 0.1) is 19.8 Å². The zero-order chi connectivity index (χ0) is 13.0. The van der Waals surface area contributed by atoms with Crippen LogP contribution < -0.4 is 0 Å². The molecule has 4 nitrogen and oxygen atoms in total. The predicted octanol–water partition coefficient (Wildman–Crippen LogP) is 1.45. The van der Waals surface area contributed by atoms with Gasteiger partial charge in [0.2, 0.25) is 0 Å². The van der Waals surface area contributed by atoms with Crippen molar-refractivity contribution >= 4 is 5.97 Å². The molecule has 1 saturated heterocycles. The van der Waals surface area contributed by atoms with Crippen LogP contribution in [0.15, 0.2) is 30.3 Å². The number of carbonyl (C=O) groups excluding carboxylic acids is 1. The van der Waals surface area contributed by atoms with Gasteiger partial charge in [-0.2, -0.15) is 0 Å². The highest BCUT2D eigenvalue weighted by atomic mass is 16.5. The van der Waals surface area contributed by atoms with Crippen LogP contribution in [0.4, 0.5) is 0 Å². The number of ether oxygens (including phenoxy) is 2. The van der Waals surface area contributed by atoms with Gasteiger partial charge in [0.15, 0.2) is 0 Å². The van der Waals surface area contributed by atoms with Crippen LogP contribution in [-0.4, -0.2) is 43.3 Å². The van der Waals surface area contributed by atoms with Gasteiger partial charge in [-0.25, -0.2) is 0 Å². The summed E-state index contributed by atoms with van der Waals surface area (Å²) < 4.78 is 10.4. The van der Waals surface area contributed by atoms with Gasteiger partial charge in [-0.15, -0.1) is 0 Å². The Morgan fingerprint density at radius 2 is 2.17 bits per heavy atom. The first kappa shape index (κ1) is 13.1. The van der Waals surface area contributed by atoms with Gasteiger partial charge in [-0.05, 0) is 12.5 Å². The first-order chi connectivity index (χ1) is 8.72. The highest BCUT2D eigenvalue weighted by Gasteiger charge is 2.35. The van der Waals surface area contributed by atoms with Crippen molar-refractivity contribution in [3.8, 4) is 0 Å². The molecule has 0 aliphatic carbocycles. The van der Waals surface area contributed by atoms with Gasteiger partial charge < -0.3 is 9.47 Å². The third kappa shape index (κ3) is 2.89. The molecule has 0 aromatic heterocycles. The van der Waals surface area contributed by atoms with E-state index in [2.05, 4.69) is 17.0 Å². The number of hydrogen-bond donors (Lipinski definition) is 0. The fourth-order valence-corrected chi connectivity index (χ4v) is 2.34. The highest BCUT2D eigenvalue weighted by molar-refractivity contribution is 5.76. The SMILES string of the molecule is COC(=O)C1C(C)OCCN1Cc1ccccc1. The van der Waals surface area contributed by atoms with Crippen molar-refractivity contribution in [2.24, 2.45) is 0 Å². The van der Waals surface area contributed by atoms with E-state index in [1.165, 1.54) is 12.7 Å². The molecular weight excluding hydrogens is 230 g/mol. The number of hydrogen-bond acceptors (Lipinski definition) is 4. The third-order valence-electron chi connectivity index (χ3n) is 3.27. The first-order valence-corrected chi connectivity index (χ1v) is 6.20. The second kappa shape index (κ2) is 5.98. The van der Waals surface area contributed by atoms with Crippen LogP contribution >= 0.6 is 0 Å². The van der Waals surface area contributed by atoms with Crippen molar-refractivity contribution in [3.05, 3.63) is 35.9 Å². The Morgan fingerprint density at radius 1 is 1.44 bits per heavy atom. The second-order valence-electron chi connectivity index (χ2n) is 4.50. The summed E-state index contributed by atoms with van der Waals surface area (Å²) >= 11 is 0. The van der Waals surface area contributed by atoms with E-state index >= 15 is 0 Å². The van der Waals surface area contributed by atoms with Crippen LogP contribution in [0.1, 0.15) is 12.5 Å². The first-order valence-electron chi connectivity index (χ1n) is 6.20. The number of nitrogens with zero attached hydrogens (tertiary/aromatic N) is 1. The largest absolute Gasteiger partial charge is 0.468 e. The van der Waals surface area contributed by atoms with Crippen LogP contribution in [0.25, 0.3) is 0 Å². The van der Waals surface area contributed by atoms with E-state index in [9.17, 15) is 4.79 Å². The Balaban J connectivity index is 2.11. The maximum atomic E-state index is 11.8. The van der Waals surface area contributed by atoms with Gasteiger partial charge >= 0.3 is 5.97 Å². The molecule has 0 amide bonds. The summed E-state index contributed by atoms with van der Waals surface area (Å²) in [5, 5.41) is 0. The zero-order valence-electron chi connectivity index (χ0n) is 10.8. The van der Waals surface area contributed by atoms with E-state index in [0.717, 1.165) is 13.1 Å². The van der Waals surface area contributed by atoms with Crippen LogP contribution in [0.2, 0.25) is 0 Å². The summed E-state index contributed by atoms with van der Waals surface area (Å²) in [6.07, 6.45) is -0.130. The van der Waals surface area contributed by atoms with Gasteiger partial charge in [0, 0.05) is 13.1 Å². The molecule has 2 rings (SSSR count). The molecule has 98 valence electrons. The van der Waals surface area contributed by atoms with E-state index in [1.54, 1.807) is 0 Å². The van der Waals surface area contributed by atoms with E-state index in [4.69, 9.17) is 9.47 Å². The summed E-state index contributed by atoms with van der Waals surface area (Å²) in [6, 6.07) is 9.81. The number of morpholine rings is 1. The van der Waals surface area contributed by atoms with Crippen molar-refractivity contribution in [1.29, 1.82) is 0 Å². The van der Waals surface area contributed by atoms with Crippen LogP contribution in [0.3, 0.4) is 0 Å². The maximum Gasteiger partial charge on any atom is 0.325 e. The van der Waals surface area contributed by atoms with Gasteiger partial charge in [-0.1, -0.05) is 30.3 Å². The third-order valence-corrected chi connectivity index (χ3v) is 3.27. The van der Waals surface area contributed by atoms with Gasteiger partial charge in [0.1, 0.15) is 6.04 Å². The number of benzene rings is 1. The van der Waals surface area contributed by atoms with Crippen LogP contribution in [-0.2, 0) is 20.8 Å². The molecule has 0 saturated carbocycles. The molecule has 1 heterocycles. The summed E-state index contributed by atoms with van der Waals surface area (Å²) in [6.45, 7) is 4.06. The van der Waals surface area contributed by atoms with E-state index in [1.807, 2.05) is 25.1 Å². The van der Waals surface area contributed by atoms with Gasteiger partial charge in [-0.3, -0.25) is 9.69 Å². The molecule has 1 aliphatic heterocycles. The lowest BCUT2D eigenvalue weighted by molar-refractivity contribution is -0.160. The van der Waals surface area contributed by atoms with Crippen LogP contribution in [0, 0.1) is 0 Å². The molecule has 4 heteroatoms. The zero-order valence-corrected chi connectivity index (χ0v) is 10.8. The molecule has 1 aromatic rings. The lowest BCUT2D eigenvalue weighted by Gasteiger charge is -2.37. The topological polar surface area (TPSA) is 38.8 Å². The number of methoxy groups -OCH3 is 1. The van der Waals surface area contributed by atoms with Crippen molar-refractivity contribution in [3.63, 3.8) is 0 Å². The highest BCUT2D eigenvalue weighted by Crippen LogP contribution is 2.18.